The van der Waals surface area contributed by atoms with Gasteiger partial charge < -0.3 is 24.8 Å². The fourth-order valence-electron chi connectivity index (χ4n) is 5.89. The number of para-hydroxylation sites is 1. The van der Waals surface area contributed by atoms with Gasteiger partial charge in [0.05, 0.1) is 42.0 Å². The van der Waals surface area contributed by atoms with Gasteiger partial charge in [-0.15, -0.1) is 0 Å². The van der Waals surface area contributed by atoms with Crippen molar-refractivity contribution < 1.29 is 23.9 Å². The van der Waals surface area contributed by atoms with Gasteiger partial charge in [0.2, 0.25) is 11.8 Å². The summed E-state index contributed by atoms with van der Waals surface area (Å²) in [5, 5.41) is 18.7. The number of rotatable bonds is 15. The Morgan fingerprint density at radius 1 is 1.16 bits per heavy atom. The van der Waals surface area contributed by atoms with E-state index in [1.807, 2.05) is 51.1 Å². The van der Waals surface area contributed by atoms with Crippen LogP contribution in [0.1, 0.15) is 71.3 Å². The van der Waals surface area contributed by atoms with Gasteiger partial charge in [-0.2, -0.15) is 0 Å². The molecule has 242 valence electrons. The Kier molecular flexibility index (Phi) is 12.9. The molecular weight excluding hydrogens is 562 g/mol. The smallest absolute Gasteiger partial charge is 0.292 e. The molecule has 1 aromatic carbocycles. The molecule has 2 fully saturated rings. The van der Waals surface area contributed by atoms with E-state index in [2.05, 4.69) is 20.5 Å². The molecule has 2 heterocycles. The van der Waals surface area contributed by atoms with Crippen LogP contribution in [-0.2, 0) is 20.8 Å². The molecule has 1 aliphatic heterocycles. The third kappa shape index (κ3) is 11.4. The fraction of sp³-hybridized carbons (Fsp3) is 0.636. The fourth-order valence-corrected chi connectivity index (χ4v) is 5.89. The topological polar surface area (TPSA) is 128 Å². The highest BCUT2D eigenvalue weighted by molar-refractivity contribution is 5.76. The van der Waals surface area contributed by atoms with Crippen molar-refractivity contribution in [2.45, 2.75) is 89.9 Å². The number of pyridine rings is 1. The van der Waals surface area contributed by atoms with E-state index >= 15 is 0 Å². The first-order valence-electron chi connectivity index (χ1n) is 16.0. The number of amides is 1. The van der Waals surface area contributed by atoms with E-state index in [-0.39, 0.29) is 35.8 Å². The Hall–Kier alpha value is -3.12. The number of carbonyl (C=O) groups excluding carboxylic acids is 1. The first-order chi connectivity index (χ1) is 21.2. The van der Waals surface area contributed by atoms with Crippen LogP contribution < -0.4 is 15.4 Å². The summed E-state index contributed by atoms with van der Waals surface area (Å²) in [5.41, 5.74) is 0.153. The summed E-state index contributed by atoms with van der Waals surface area (Å²) in [5.74, 6) is 1.32. The molecule has 2 aliphatic rings. The number of hydrogen-bond donors (Lipinski definition) is 2. The summed E-state index contributed by atoms with van der Waals surface area (Å²) < 4.78 is 17.4. The normalized spacial score (nSPS) is 18.0. The molecule has 2 atom stereocenters. The lowest BCUT2D eigenvalue weighted by Crippen LogP contribution is -2.50. The van der Waals surface area contributed by atoms with Crippen molar-refractivity contribution in [2.75, 3.05) is 39.5 Å². The quantitative estimate of drug-likeness (QED) is 0.205. The molecule has 0 radical (unpaired) electrons. The van der Waals surface area contributed by atoms with Crippen molar-refractivity contribution in [1.82, 2.24) is 20.5 Å². The van der Waals surface area contributed by atoms with Crippen LogP contribution in [0, 0.1) is 16.0 Å². The highest BCUT2D eigenvalue weighted by Crippen LogP contribution is 2.30. The number of morpholine rings is 1. The van der Waals surface area contributed by atoms with Crippen LogP contribution in [0.15, 0.2) is 42.6 Å². The summed E-state index contributed by atoms with van der Waals surface area (Å²) in [6.45, 7) is 10.6. The Labute approximate surface area is 261 Å². The van der Waals surface area contributed by atoms with E-state index in [0.717, 1.165) is 38.8 Å². The SMILES string of the molecule is CC(C)(C)OCC(CN1CCOCC1)NC(=O)CC[C@H](NCc1cc(Oc2ccccc2)ncc1[N+](=O)[O-])C1CCCCC1. The average molecular weight is 612 g/mol. The van der Waals surface area contributed by atoms with Gasteiger partial charge in [-0.05, 0) is 58.1 Å². The molecule has 1 unspecified atom stereocenters. The molecule has 1 aromatic heterocycles. The molecular formula is C33H49N5O6. The number of nitrogens with zero attached hydrogens (tertiary/aromatic N) is 3. The molecule has 1 saturated heterocycles. The van der Waals surface area contributed by atoms with Crippen LogP contribution in [0.25, 0.3) is 0 Å². The summed E-state index contributed by atoms with van der Waals surface area (Å²) in [6, 6.07) is 10.8. The lowest BCUT2D eigenvalue weighted by Gasteiger charge is -2.33. The van der Waals surface area contributed by atoms with Crippen LogP contribution >= 0.6 is 0 Å². The average Bonchev–Trinajstić information content (AvgIpc) is 3.01. The summed E-state index contributed by atoms with van der Waals surface area (Å²) >= 11 is 0. The zero-order valence-corrected chi connectivity index (χ0v) is 26.5. The molecule has 1 aliphatic carbocycles. The van der Waals surface area contributed by atoms with Gasteiger partial charge in [-0.1, -0.05) is 37.5 Å². The van der Waals surface area contributed by atoms with Crippen LogP contribution in [0.3, 0.4) is 0 Å². The largest absolute Gasteiger partial charge is 0.439 e. The predicted molar refractivity (Wildman–Crippen MR) is 169 cm³/mol. The summed E-state index contributed by atoms with van der Waals surface area (Å²) in [4.78, 5) is 31.2. The Balaban J connectivity index is 1.40. The molecule has 4 rings (SSSR count). The van der Waals surface area contributed by atoms with E-state index in [9.17, 15) is 14.9 Å². The third-order valence-electron chi connectivity index (χ3n) is 8.22. The summed E-state index contributed by atoms with van der Waals surface area (Å²) in [7, 11) is 0. The first-order valence-corrected chi connectivity index (χ1v) is 16.0. The van der Waals surface area contributed by atoms with E-state index in [1.54, 1.807) is 6.07 Å². The molecule has 44 heavy (non-hydrogen) atoms. The number of hydrogen-bond acceptors (Lipinski definition) is 9. The molecule has 2 N–H and O–H groups in total. The number of aromatic nitrogens is 1. The number of nitrogens with one attached hydrogen (secondary N) is 2. The maximum atomic E-state index is 13.3. The second-order valence-corrected chi connectivity index (χ2v) is 12.8. The van der Waals surface area contributed by atoms with Gasteiger partial charge in [-0.3, -0.25) is 19.8 Å². The van der Waals surface area contributed by atoms with Gasteiger partial charge in [0.25, 0.3) is 5.69 Å². The van der Waals surface area contributed by atoms with Gasteiger partial charge in [0, 0.05) is 44.7 Å². The molecule has 0 bridgehead atoms. The zero-order chi connectivity index (χ0) is 31.4. The second-order valence-electron chi connectivity index (χ2n) is 12.8. The minimum atomic E-state index is -0.409. The van der Waals surface area contributed by atoms with Crippen molar-refractivity contribution in [3.05, 3.63) is 58.3 Å². The minimum absolute atomic E-state index is 0.00295. The monoisotopic (exact) mass is 611 g/mol. The van der Waals surface area contributed by atoms with E-state index in [1.165, 1.54) is 12.6 Å². The van der Waals surface area contributed by atoms with Gasteiger partial charge >= 0.3 is 0 Å². The van der Waals surface area contributed by atoms with E-state index in [4.69, 9.17) is 14.2 Å². The van der Waals surface area contributed by atoms with Gasteiger partial charge in [-0.25, -0.2) is 4.98 Å². The first kappa shape index (κ1) is 33.8. The second kappa shape index (κ2) is 16.8. The molecule has 11 nitrogen and oxygen atoms in total. The van der Waals surface area contributed by atoms with Crippen LogP contribution in [0.2, 0.25) is 0 Å². The van der Waals surface area contributed by atoms with Crippen LogP contribution in [0.4, 0.5) is 5.69 Å². The van der Waals surface area contributed by atoms with Crippen molar-refractivity contribution in [3.8, 4) is 11.6 Å². The van der Waals surface area contributed by atoms with Crippen molar-refractivity contribution in [3.63, 3.8) is 0 Å². The lowest BCUT2D eigenvalue weighted by molar-refractivity contribution is -0.386. The van der Waals surface area contributed by atoms with Gasteiger partial charge in [0.15, 0.2) is 0 Å². The number of carbonyl (C=O) groups is 1. The standard InChI is InChI=1S/C33H49N5O6/c1-33(2,3)43-24-27(23-37-16-18-42-19-17-37)36-31(39)15-14-29(25-10-6-4-7-11-25)34-21-26-20-32(35-22-30(26)38(40)41)44-28-12-8-5-9-13-28/h5,8-9,12-13,20,22,25,27,29,34H,4,6-7,10-11,14-19,21,23-24H2,1-3H3,(H,36,39)/t27?,29-/m0/s1. The highest BCUT2D eigenvalue weighted by atomic mass is 16.6. The summed E-state index contributed by atoms with van der Waals surface area (Å²) in [6.07, 6.45) is 7.97. The van der Waals surface area contributed by atoms with Crippen molar-refractivity contribution in [1.29, 1.82) is 0 Å². The Bertz CT molecular complexity index is 1180. The van der Waals surface area contributed by atoms with E-state index in [0.29, 0.717) is 62.3 Å². The molecule has 1 saturated carbocycles. The van der Waals surface area contributed by atoms with E-state index < -0.39 is 4.92 Å². The molecule has 1 amide bonds. The predicted octanol–water partition coefficient (Wildman–Crippen LogP) is 5.23. The van der Waals surface area contributed by atoms with Crippen LogP contribution in [0.5, 0.6) is 11.6 Å². The number of benzene rings is 1. The molecule has 2 aromatic rings. The Morgan fingerprint density at radius 3 is 2.57 bits per heavy atom. The zero-order valence-electron chi connectivity index (χ0n) is 26.5. The van der Waals surface area contributed by atoms with Gasteiger partial charge in [0.1, 0.15) is 11.9 Å². The lowest BCUT2D eigenvalue weighted by atomic mass is 9.82. The maximum Gasteiger partial charge on any atom is 0.292 e. The Morgan fingerprint density at radius 2 is 1.89 bits per heavy atom. The number of ether oxygens (including phenoxy) is 3. The minimum Gasteiger partial charge on any atom is -0.439 e. The van der Waals surface area contributed by atoms with Crippen LogP contribution in [-0.4, -0.2) is 77.9 Å². The van der Waals surface area contributed by atoms with Crippen molar-refractivity contribution >= 4 is 11.6 Å². The third-order valence-corrected chi connectivity index (χ3v) is 8.22. The maximum absolute atomic E-state index is 13.3. The molecule has 11 heteroatoms. The molecule has 0 spiro atoms. The number of nitro groups is 1. The highest BCUT2D eigenvalue weighted by Gasteiger charge is 2.27. The van der Waals surface area contributed by atoms with Crippen molar-refractivity contribution in [2.24, 2.45) is 5.92 Å².